The molecule has 118 valence electrons. The van der Waals surface area contributed by atoms with Crippen molar-refractivity contribution in [3.8, 4) is 18.1 Å². The summed E-state index contributed by atoms with van der Waals surface area (Å²) in [5.74, 6) is 4.13. The number of carbonyl (C=O) groups is 1. The summed E-state index contributed by atoms with van der Waals surface area (Å²) in [4.78, 5) is 12.4. The largest absolute Gasteiger partial charge is 0.496 e. The van der Waals surface area contributed by atoms with E-state index in [1.165, 1.54) is 12.8 Å². The van der Waals surface area contributed by atoms with E-state index in [2.05, 4.69) is 18.2 Å². The van der Waals surface area contributed by atoms with Gasteiger partial charge in [-0.25, -0.2) is 0 Å². The Labute approximate surface area is 133 Å². The summed E-state index contributed by atoms with van der Waals surface area (Å²) >= 11 is 0. The number of nitrogens with one attached hydrogen (secondary N) is 1. The summed E-state index contributed by atoms with van der Waals surface area (Å²) in [6.07, 6.45) is 11.3. The van der Waals surface area contributed by atoms with Crippen molar-refractivity contribution in [2.75, 3.05) is 7.11 Å². The van der Waals surface area contributed by atoms with Crippen LogP contribution < -0.4 is 10.1 Å². The predicted octanol–water partition coefficient (Wildman–Crippen LogP) is 3.57. The number of hydrogen-bond donors (Lipinski definition) is 1. The molecular weight excluding hydrogens is 274 g/mol. The van der Waals surface area contributed by atoms with Crippen LogP contribution in [0.5, 0.6) is 5.75 Å². The molecule has 1 aromatic carbocycles. The van der Waals surface area contributed by atoms with E-state index in [4.69, 9.17) is 11.2 Å². The average Bonchev–Trinajstić information content (AvgIpc) is 2.54. The highest BCUT2D eigenvalue weighted by molar-refractivity contribution is 5.94. The van der Waals surface area contributed by atoms with Gasteiger partial charge in [-0.3, -0.25) is 4.79 Å². The van der Waals surface area contributed by atoms with Crippen molar-refractivity contribution in [1.82, 2.24) is 5.32 Å². The molecule has 0 bridgehead atoms. The van der Waals surface area contributed by atoms with Gasteiger partial charge in [0, 0.05) is 18.0 Å². The third-order valence-corrected chi connectivity index (χ3v) is 4.44. The Kier molecular flexibility index (Phi) is 5.89. The Morgan fingerprint density at radius 1 is 1.36 bits per heavy atom. The van der Waals surface area contributed by atoms with Gasteiger partial charge in [0.1, 0.15) is 5.75 Å². The molecule has 3 heteroatoms. The van der Waals surface area contributed by atoms with Crippen molar-refractivity contribution in [2.24, 2.45) is 5.92 Å². The van der Waals surface area contributed by atoms with E-state index in [-0.39, 0.29) is 5.91 Å². The molecule has 0 unspecified atom stereocenters. The van der Waals surface area contributed by atoms with Gasteiger partial charge in [-0.05, 0) is 55.7 Å². The van der Waals surface area contributed by atoms with Gasteiger partial charge in [-0.2, -0.15) is 0 Å². The molecule has 1 aromatic rings. The lowest BCUT2D eigenvalue weighted by Gasteiger charge is -2.27. The Morgan fingerprint density at radius 3 is 2.73 bits per heavy atom. The maximum absolute atomic E-state index is 12.4. The Balaban J connectivity index is 2.02. The smallest absolute Gasteiger partial charge is 0.251 e. The van der Waals surface area contributed by atoms with Crippen molar-refractivity contribution < 1.29 is 9.53 Å². The highest BCUT2D eigenvalue weighted by Crippen LogP contribution is 2.25. The molecule has 0 atom stereocenters. The number of methoxy groups -OCH3 is 1. The van der Waals surface area contributed by atoms with E-state index in [1.807, 2.05) is 18.2 Å². The zero-order valence-electron chi connectivity index (χ0n) is 13.5. The van der Waals surface area contributed by atoms with Crippen molar-refractivity contribution in [2.45, 2.75) is 51.5 Å². The van der Waals surface area contributed by atoms with Crippen LogP contribution in [0.4, 0.5) is 0 Å². The normalized spacial score (nSPS) is 21.0. The monoisotopic (exact) mass is 299 g/mol. The molecule has 1 aliphatic rings. The molecule has 3 nitrogen and oxygen atoms in total. The number of rotatable bonds is 5. The minimum Gasteiger partial charge on any atom is -0.496 e. The molecule has 0 heterocycles. The van der Waals surface area contributed by atoms with E-state index in [0.29, 0.717) is 18.0 Å². The molecule has 1 N–H and O–H groups in total. The van der Waals surface area contributed by atoms with Crippen LogP contribution in [-0.4, -0.2) is 19.1 Å². The summed E-state index contributed by atoms with van der Waals surface area (Å²) in [6.45, 7) is 2.28. The van der Waals surface area contributed by atoms with Gasteiger partial charge in [-0.15, -0.1) is 12.3 Å². The Morgan fingerprint density at radius 2 is 2.09 bits per heavy atom. The van der Waals surface area contributed by atoms with Gasteiger partial charge >= 0.3 is 0 Å². The predicted molar refractivity (Wildman–Crippen MR) is 89.0 cm³/mol. The number of aryl methyl sites for hydroxylation is 1. The van der Waals surface area contributed by atoms with Gasteiger partial charge in [0.15, 0.2) is 0 Å². The van der Waals surface area contributed by atoms with E-state index in [0.717, 1.165) is 36.5 Å². The summed E-state index contributed by atoms with van der Waals surface area (Å²) in [5.41, 5.74) is 1.70. The minimum absolute atomic E-state index is 0.0126. The van der Waals surface area contributed by atoms with Gasteiger partial charge < -0.3 is 10.1 Å². The number of ether oxygens (including phenoxy) is 1. The van der Waals surface area contributed by atoms with Crippen LogP contribution in [0.25, 0.3) is 0 Å². The van der Waals surface area contributed by atoms with Crippen molar-refractivity contribution in [1.29, 1.82) is 0 Å². The molecule has 0 radical (unpaired) electrons. The molecule has 0 aromatic heterocycles. The summed E-state index contributed by atoms with van der Waals surface area (Å²) in [5, 5.41) is 3.14. The van der Waals surface area contributed by atoms with Gasteiger partial charge in [0.2, 0.25) is 0 Å². The van der Waals surface area contributed by atoms with E-state index >= 15 is 0 Å². The highest BCUT2D eigenvalue weighted by atomic mass is 16.5. The fourth-order valence-electron chi connectivity index (χ4n) is 2.97. The number of carbonyl (C=O) groups excluding carboxylic acids is 1. The third-order valence-electron chi connectivity index (χ3n) is 4.44. The molecule has 1 saturated carbocycles. The van der Waals surface area contributed by atoms with Crippen molar-refractivity contribution in [3.05, 3.63) is 29.3 Å². The highest BCUT2D eigenvalue weighted by Gasteiger charge is 2.20. The van der Waals surface area contributed by atoms with Gasteiger partial charge in [-0.1, -0.05) is 13.0 Å². The molecule has 1 fully saturated rings. The topological polar surface area (TPSA) is 38.3 Å². The standard InChI is InChI=1S/C19H25NO2/c1-4-5-6-15-9-10-16(13-18(15)22-3)19(21)20-17-11-7-14(2)8-12-17/h1,9-10,13-14,17H,5-8,11-12H2,2-3H3,(H,20,21). The van der Waals surface area contributed by atoms with Crippen LogP contribution in [0, 0.1) is 18.3 Å². The second-order valence-electron chi connectivity index (χ2n) is 6.16. The first-order chi connectivity index (χ1) is 10.6. The molecule has 0 spiro atoms. The molecule has 1 amide bonds. The third kappa shape index (κ3) is 4.27. The van der Waals surface area contributed by atoms with Gasteiger partial charge in [0.25, 0.3) is 5.91 Å². The van der Waals surface area contributed by atoms with Crippen LogP contribution in [0.1, 0.15) is 54.9 Å². The maximum atomic E-state index is 12.4. The van der Waals surface area contributed by atoms with Crippen LogP contribution in [-0.2, 0) is 6.42 Å². The molecule has 0 saturated heterocycles. The first kappa shape index (κ1) is 16.4. The molecular formula is C19H25NO2. The molecule has 22 heavy (non-hydrogen) atoms. The number of amides is 1. The van der Waals surface area contributed by atoms with E-state index in [1.54, 1.807) is 7.11 Å². The summed E-state index contributed by atoms with van der Waals surface area (Å²) in [7, 11) is 1.62. The summed E-state index contributed by atoms with van der Waals surface area (Å²) in [6, 6.07) is 5.91. The fraction of sp³-hybridized carbons (Fsp3) is 0.526. The zero-order valence-corrected chi connectivity index (χ0v) is 13.5. The second-order valence-corrected chi connectivity index (χ2v) is 6.16. The van der Waals surface area contributed by atoms with Crippen LogP contribution in [0.2, 0.25) is 0 Å². The zero-order chi connectivity index (χ0) is 15.9. The Bertz CT molecular complexity index is 551. The fourth-order valence-corrected chi connectivity index (χ4v) is 2.97. The maximum Gasteiger partial charge on any atom is 0.251 e. The van der Waals surface area contributed by atoms with Crippen LogP contribution >= 0.6 is 0 Å². The van der Waals surface area contributed by atoms with Crippen molar-refractivity contribution in [3.63, 3.8) is 0 Å². The molecule has 1 aliphatic carbocycles. The second kappa shape index (κ2) is 7.89. The quantitative estimate of drug-likeness (QED) is 0.844. The Hall–Kier alpha value is -1.95. The number of hydrogen-bond acceptors (Lipinski definition) is 2. The minimum atomic E-state index is -0.0126. The van der Waals surface area contributed by atoms with E-state index < -0.39 is 0 Å². The van der Waals surface area contributed by atoms with Crippen LogP contribution in [0.3, 0.4) is 0 Å². The first-order valence-corrected chi connectivity index (χ1v) is 8.05. The molecule has 2 rings (SSSR count). The SMILES string of the molecule is C#CCCc1ccc(C(=O)NC2CCC(C)CC2)cc1OC. The van der Waals surface area contributed by atoms with Crippen molar-refractivity contribution >= 4 is 5.91 Å². The lowest BCUT2D eigenvalue weighted by atomic mass is 9.87. The number of terminal acetylenes is 1. The lowest BCUT2D eigenvalue weighted by molar-refractivity contribution is 0.0922. The van der Waals surface area contributed by atoms with Crippen LogP contribution in [0.15, 0.2) is 18.2 Å². The number of benzene rings is 1. The first-order valence-electron chi connectivity index (χ1n) is 8.05. The van der Waals surface area contributed by atoms with E-state index in [9.17, 15) is 4.79 Å². The molecule has 0 aliphatic heterocycles. The lowest BCUT2D eigenvalue weighted by Crippen LogP contribution is -2.37. The summed E-state index contributed by atoms with van der Waals surface area (Å²) < 4.78 is 5.39. The van der Waals surface area contributed by atoms with Gasteiger partial charge in [0.05, 0.1) is 7.11 Å². The average molecular weight is 299 g/mol.